The van der Waals surface area contributed by atoms with Crippen LogP contribution in [0.5, 0.6) is 0 Å². The van der Waals surface area contributed by atoms with Gasteiger partial charge in [-0.25, -0.2) is 0 Å². The predicted molar refractivity (Wildman–Crippen MR) is 114 cm³/mol. The Kier molecular flexibility index (Phi) is 30.0. The highest BCUT2D eigenvalue weighted by Crippen LogP contribution is 2.01. The molecule has 0 radical (unpaired) electrons. The first-order valence-electron chi connectivity index (χ1n) is 10.5. The summed E-state index contributed by atoms with van der Waals surface area (Å²) in [7, 11) is 6.00. The van der Waals surface area contributed by atoms with Crippen molar-refractivity contribution in [2.75, 3.05) is 60.4 Å². The van der Waals surface area contributed by atoms with Crippen molar-refractivity contribution >= 4 is 0 Å². The lowest BCUT2D eigenvalue weighted by molar-refractivity contribution is 0.261. The van der Waals surface area contributed by atoms with Crippen LogP contribution in [0, 0.1) is 0 Å². The molecule has 0 aliphatic rings. The Morgan fingerprint density at radius 3 is 0.833 bits per heavy atom. The monoisotopic (exact) mass is 345 g/mol. The van der Waals surface area contributed by atoms with Gasteiger partial charge in [-0.15, -0.1) is 0 Å². The molecule has 150 valence electrons. The van der Waals surface area contributed by atoms with Crippen LogP contribution in [0.25, 0.3) is 0 Å². The average Bonchev–Trinajstić information content (AvgIpc) is 2.56. The molecule has 0 aromatic rings. The van der Waals surface area contributed by atoms with E-state index in [0.29, 0.717) is 0 Å². The molecule has 24 heavy (non-hydrogen) atoms. The van der Waals surface area contributed by atoms with E-state index >= 15 is 0 Å². The molecule has 0 fully saturated rings. The number of nitrogens with zero attached hydrogens (tertiary/aromatic N) is 3. The Balaban J connectivity index is -0.000000335. The Hall–Kier alpha value is -0.120. The topological polar surface area (TPSA) is 9.72 Å². The van der Waals surface area contributed by atoms with Crippen LogP contribution in [0.15, 0.2) is 0 Å². The SMILES string of the molecule is CCCCN(CCCC)CCCC.CCN(CC)CC.CN(C)C. The zero-order chi connectivity index (χ0) is 19.2. The molecule has 0 aliphatic heterocycles. The summed E-state index contributed by atoms with van der Waals surface area (Å²) in [4.78, 5) is 7.01. The summed E-state index contributed by atoms with van der Waals surface area (Å²) in [5, 5.41) is 0. The van der Waals surface area contributed by atoms with E-state index in [9.17, 15) is 0 Å². The molecule has 0 amide bonds. The number of rotatable bonds is 12. The van der Waals surface area contributed by atoms with Crippen molar-refractivity contribution < 1.29 is 0 Å². The summed E-state index contributed by atoms with van der Waals surface area (Å²) in [5.41, 5.74) is 0. The van der Waals surface area contributed by atoms with Gasteiger partial charge in [0.1, 0.15) is 0 Å². The molecule has 0 heterocycles. The molecule has 3 heteroatoms. The van der Waals surface area contributed by atoms with Crippen LogP contribution in [0.4, 0.5) is 0 Å². The van der Waals surface area contributed by atoms with Crippen LogP contribution in [-0.2, 0) is 0 Å². The smallest absolute Gasteiger partial charge is 0.00188 e. The Morgan fingerprint density at radius 1 is 0.458 bits per heavy atom. The summed E-state index contributed by atoms with van der Waals surface area (Å²) < 4.78 is 0. The molecule has 0 aromatic carbocycles. The molecule has 0 saturated carbocycles. The van der Waals surface area contributed by atoms with Gasteiger partial charge >= 0.3 is 0 Å². The molecular formula is C21H51N3. The van der Waals surface area contributed by atoms with Gasteiger partial charge in [0.2, 0.25) is 0 Å². The maximum Gasteiger partial charge on any atom is -0.00188 e. The van der Waals surface area contributed by atoms with Crippen LogP contribution < -0.4 is 0 Å². The van der Waals surface area contributed by atoms with Crippen molar-refractivity contribution in [2.24, 2.45) is 0 Å². The van der Waals surface area contributed by atoms with Crippen LogP contribution in [0.2, 0.25) is 0 Å². The van der Waals surface area contributed by atoms with Crippen molar-refractivity contribution in [3.05, 3.63) is 0 Å². The summed E-state index contributed by atoms with van der Waals surface area (Å²) in [5.74, 6) is 0. The van der Waals surface area contributed by atoms with E-state index in [-0.39, 0.29) is 0 Å². The fourth-order valence-electron chi connectivity index (χ4n) is 2.15. The zero-order valence-corrected chi connectivity index (χ0v) is 18.8. The number of hydrogen-bond donors (Lipinski definition) is 0. The van der Waals surface area contributed by atoms with E-state index in [4.69, 9.17) is 0 Å². The standard InChI is InChI=1S/C12H27N.C6H15N.C3H9N/c1-4-7-10-13(11-8-5-2)12-9-6-3;1-4-7(5-2)6-3;1-4(2)3/h4-12H2,1-3H3;4-6H2,1-3H3;1-3H3. The second kappa shape index (κ2) is 25.1. The first kappa shape index (κ1) is 28.7. The molecule has 0 N–H and O–H groups in total. The number of unbranched alkanes of at least 4 members (excludes halogenated alkanes) is 3. The highest BCUT2D eigenvalue weighted by atomic mass is 15.1. The van der Waals surface area contributed by atoms with Crippen LogP contribution in [-0.4, -0.2) is 75.1 Å². The first-order chi connectivity index (χ1) is 11.4. The molecule has 0 saturated heterocycles. The molecule has 0 unspecified atom stereocenters. The first-order valence-corrected chi connectivity index (χ1v) is 10.5. The van der Waals surface area contributed by atoms with Crippen LogP contribution in [0.3, 0.4) is 0 Å². The Bertz CT molecular complexity index is 164. The molecule has 3 nitrogen and oxygen atoms in total. The predicted octanol–water partition coefficient (Wildman–Crippen LogP) is 5.21. The molecular weight excluding hydrogens is 294 g/mol. The third kappa shape index (κ3) is 29.8. The summed E-state index contributed by atoms with van der Waals surface area (Å²) in [6.07, 6.45) is 8.09. The second-order valence-electron chi connectivity index (χ2n) is 6.86. The van der Waals surface area contributed by atoms with E-state index < -0.39 is 0 Å². The van der Waals surface area contributed by atoms with Gasteiger partial charge in [0.05, 0.1) is 0 Å². The van der Waals surface area contributed by atoms with Gasteiger partial charge in [0.25, 0.3) is 0 Å². The van der Waals surface area contributed by atoms with Crippen molar-refractivity contribution in [1.82, 2.24) is 14.7 Å². The van der Waals surface area contributed by atoms with Crippen molar-refractivity contribution in [2.45, 2.75) is 80.1 Å². The molecule has 0 bridgehead atoms. The van der Waals surface area contributed by atoms with E-state index in [2.05, 4.69) is 51.3 Å². The van der Waals surface area contributed by atoms with Gasteiger partial charge in [-0.2, -0.15) is 0 Å². The third-order valence-corrected chi connectivity index (χ3v) is 3.83. The average molecular weight is 346 g/mol. The summed E-state index contributed by atoms with van der Waals surface area (Å²) in [6.45, 7) is 20.9. The highest BCUT2D eigenvalue weighted by Gasteiger charge is 2.01. The lowest BCUT2D eigenvalue weighted by Crippen LogP contribution is -2.27. The quantitative estimate of drug-likeness (QED) is 0.480. The van der Waals surface area contributed by atoms with Gasteiger partial charge in [-0.3, -0.25) is 0 Å². The minimum absolute atomic E-state index is 1.19. The minimum Gasteiger partial charge on any atom is -0.312 e. The third-order valence-electron chi connectivity index (χ3n) is 3.83. The Labute approximate surface area is 155 Å². The van der Waals surface area contributed by atoms with E-state index in [0.717, 1.165) is 0 Å². The largest absolute Gasteiger partial charge is 0.312 e. The van der Waals surface area contributed by atoms with Crippen LogP contribution in [0.1, 0.15) is 80.1 Å². The van der Waals surface area contributed by atoms with Gasteiger partial charge in [0, 0.05) is 0 Å². The summed E-state index contributed by atoms with van der Waals surface area (Å²) >= 11 is 0. The second-order valence-corrected chi connectivity index (χ2v) is 6.86. The lowest BCUT2D eigenvalue weighted by Gasteiger charge is -2.21. The van der Waals surface area contributed by atoms with Crippen LogP contribution >= 0.6 is 0 Å². The van der Waals surface area contributed by atoms with Gasteiger partial charge < -0.3 is 14.7 Å². The van der Waals surface area contributed by atoms with E-state index in [1.54, 1.807) is 0 Å². The Morgan fingerprint density at radius 2 is 0.708 bits per heavy atom. The molecule has 0 atom stereocenters. The summed E-state index contributed by atoms with van der Waals surface area (Å²) in [6, 6.07) is 0. The lowest BCUT2D eigenvalue weighted by atomic mass is 10.2. The molecule has 0 rings (SSSR count). The molecule has 0 aliphatic carbocycles. The van der Waals surface area contributed by atoms with Crippen molar-refractivity contribution in [1.29, 1.82) is 0 Å². The fourth-order valence-corrected chi connectivity index (χ4v) is 2.15. The maximum atomic E-state index is 2.64. The van der Waals surface area contributed by atoms with E-state index in [1.165, 1.54) is 77.8 Å². The number of hydrogen-bond acceptors (Lipinski definition) is 3. The van der Waals surface area contributed by atoms with Gasteiger partial charge in [0.15, 0.2) is 0 Å². The van der Waals surface area contributed by atoms with E-state index in [1.807, 2.05) is 26.0 Å². The van der Waals surface area contributed by atoms with Gasteiger partial charge in [-0.05, 0) is 79.7 Å². The van der Waals surface area contributed by atoms with Crippen molar-refractivity contribution in [3.63, 3.8) is 0 Å². The maximum absolute atomic E-state index is 2.64. The van der Waals surface area contributed by atoms with Gasteiger partial charge in [-0.1, -0.05) is 60.8 Å². The molecule has 0 aromatic heterocycles. The highest BCUT2D eigenvalue weighted by molar-refractivity contribution is 4.57. The minimum atomic E-state index is 1.19. The fraction of sp³-hybridized carbons (Fsp3) is 1.00. The van der Waals surface area contributed by atoms with Crippen molar-refractivity contribution in [3.8, 4) is 0 Å². The normalized spacial score (nSPS) is 10.5. The zero-order valence-electron chi connectivity index (χ0n) is 18.8. The molecule has 0 spiro atoms.